The zero-order chi connectivity index (χ0) is 18.4. The Morgan fingerprint density at radius 3 is 2.40 bits per heavy atom. The first-order chi connectivity index (χ1) is 11.8. The molecule has 0 fully saturated rings. The molecule has 0 saturated carbocycles. The van der Waals surface area contributed by atoms with Crippen molar-refractivity contribution in [1.29, 1.82) is 0 Å². The summed E-state index contributed by atoms with van der Waals surface area (Å²) in [6.07, 6.45) is 0.153. The molecule has 2 N–H and O–H groups in total. The second kappa shape index (κ2) is 7.83. The number of hydrogen-bond donors (Lipinski definition) is 2. The largest absolute Gasteiger partial charge is 0.497 e. The van der Waals surface area contributed by atoms with Crippen LogP contribution in [0.15, 0.2) is 48.5 Å². The molecular formula is C20H23NO4. The highest BCUT2D eigenvalue weighted by atomic mass is 16.5. The highest BCUT2D eigenvalue weighted by molar-refractivity contribution is 5.88. The van der Waals surface area contributed by atoms with Crippen LogP contribution in [0.2, 0.25) is 0 Å². The molecule has 0 atom stereocenters. The van der Waals surface area contributed by atoms with Crippen LogP contribution >= 0.6 is 0 Å². The van der Waals surface area contributed by atoms with E-state index in [0.29, 0.717) is 12.1 Å². The maximum absolute atomic E-state index is 12.2. The number of carbonyl (C=O) groups is 2. The lowest BCUT2D eigenvalue weighted by molar-refractivity contribution is -0.120. The Morgan fingerprint density at radius 2 is 1.80 bits per heavy atom. The third-order valence-corrected chi connectivity index (χ3v) is 4.14. The minimum Gasteiger partial charge on any atom is -0.497 e. The summed E-state index contributed by atoms with van der Waals surface area (Å²) < 4.78 is 5.16. The van der Waals surface area contributed by atoms with Crippen molar-refractivity contribution in [1.82, 2.24) is 5.32 Å². The third kappa shape index (κ3) is 5.08. The van der Waals surface area contributed by atoms with E-state index in [1.54, 1.807) is 19.2 Å². The highest BCUT2D eigenvalue weighted by Gasteiger charge is 2.21. The Hall–Kier alpha value is -2.82. The van der Waals surface area contributed by atoms with Gasteiger partial charge in [0.1, 0.15) is 5.75 Å². The van der Waals surface area contributed by atoms with Gasteiger partial charge in [-0.05, 0) is 35.4 Å². The maximum Gasteiger partial charge on any atom is 0.335 e. The third-order valence-electron chi connectivity index (χ3n) is 4.14. The highest BCUT2D eigenvalue weighted by Crippen LogP contribution is 2.24. The van der Waals surface area contributed by atoms with Gasteiger partial charge in [0.25, 0.3) is 0 Å². The Morgan fingerprint density at radius 1 is 1.12 bits per heavy atom. The number of amides is 1. The van der Waals surface area contributed by atoms with Crippen LogP contribution in [-0.4, -0.2) is 30.6 Å². The summed E-state index contributed by atoms with van der Waals surface area (Å²) in [6.45, 7) is 4.59. The van der Waals surface area contributed by atoms with Crippen LogP contribution in [-0.2, 0) is 16.6 Å². The van der Waals surface area contributed by atoms with Gasteiger partial charge in [-0.2, -0.15) is 0 Å². The molecule has 0 saturated heterocycles. The number of carboxylic acids is 1. The molecule has 25 heavy (non-hydrogen) atoms. The fourth-order valence-corrected chi connectivity index (χ4v) is 2.53. The van der Waals surface area contributed by atoms with E-state index in [9.17, 15) is 9.59 Å². The first-order valence-corrected chi connectivity index (χ1v) is 8.05. The van der Waals surface area contributed by atoms with Gasteiger partial charge in [-0.25, -0.2) is 4.79 Å². The van der Waals surface area contributed by atoms with Gasteiger partial charge in [-0.3, -0.25) is 4.79 Å². The molecular weight excluding hydrogens is 318 g/mol. The van der Waals surface area contributed by atoms with Crippen LogP contribution in [0.1, 0.15) is 35.3 Å². The quantitative estimate of drug-likeness (QED) is 0.812. The summed E-state index contributed by atoms with van der Waals surface area (Å²) >= 11 is 0. The number of methoxy groups -OCH3 is 1. The van der Waals surface area contributed by atoms with Crippen LogP contribution in [0.5, 0.6) is 5.75 Å². The Balaban J connectivity index is 1.96. The van der Waals surface area contributed by atoms with Crippen molar-refractivity contribution in [2.24, 2.45) is 0 Å². The molecule has 0 aliphatic heterocycles. The number of carbonyl (C=O) groups excluding carboxylic acids is 1. The predicted octanol–water partition coefficient (Wildman–Crippen LogP) is 3.03. The molecule has 0 aliphatic carbocycles. The van der Waals surface area contributed by atoms with Crippen LogP contribution in [0.3, 0.4) is 0 Å². The summed E-state index contributed by atoms with van der Waals surface area (Å²) in [5, 5.41) is 11.9. The molecule has 5 heteroatoms. The number of hydrogen-bond acceptors (Lipinski definition) is 3. The summed E-state index contributed by atoms with van der Waals surface area (Å²) in [6, 6.07) is 14.2. The summed E-state index contributed by atoms with van der Waals surface area (Å²) in [5.41, 5.74) is 1.73. The molecule has 0 radical (unpaired) electrons. The number of aromatic carboxylic acids is 1. The topological polar surface area (TPSA) is 75.6 Å². The number of carboxylic acid groups (broad SMARTS) is 1. The first-order valence-electron chi connectivity index (χ1n) is 8.05. The van der Waals surface area contributed by atoms with E-state index in [1.807, 2.05) is 24.3 Å². The SMILES string of the molecule is COc1ccc(C(C)(C)CNC(=O)Cc2cccc(C(=O)O)c2)cc1. The average Bonchev–Trinajstić information content (AvgIpc) is 2.60. The van der Waals surface area contributed by atoms with E-state index < -0.39 is 5.97 Å². The number of benzene rings is 2. The molecule has 5 nitrogen and oxygen atoms in total. The summed E-state index contributed by atoms with van der Waals surface area (Å²) in [5.74, 6) is -0.339. The molecule has 2 aromatic rings. The van der Waals surface area contributed by atoms with Crippen molar-refractivity contribution in [3.8, 4) is 5.75 Å². The van der Waals surface area contributed by atoms with E-state index in [4.69, 9.17) is 9.84 Å². The van der Waals surface area contributed by atoms with E-state index in [0.717, 1.165) is 11.3 Å². The minimum atomic E-state index is -0.997. The normalized spacial score (nSPS) is 11.0. The zero-order valence-electron chi connectivity index (χ0n) is 14.7. The molecule has 0 heterocycles. The predicted molar refractivity (Wildman–Crippen MR) is 96.1 cm³/mol. The molecule has 0 bridgehead atoms. The Bertz CT molecular complexity index is 751. The first kappa shape index (κ1) is 18.5. The Labute approximate surface area is 147 Å². The van der Waals surface area contributed by atoms with Gasteiger partial charge in [0, 0.05) is 12.0 Å². The Kier molecular flexibility index (Phi) is 5.80. The van der Waals surface area contributed by atoms with Gasteiger partial charge in [0.05, 0.1) is 19.1 Å². The van der Waals surface area contributed by atoms with Crippen molar-refractivity contribution in [3.05, 3.63) is 65.2 Å². The van der Waals surface area contributed by atoms with Crippen molar-refractivity contribution >= 4 is 11.9 Å². The van der Waals surface area contributed by atoms with E-state index >= 15 is 0 Å². The van der Waals surface area contributed by atoms with E-state index in [1.165, 1.54) is 12.1 Å². The average molecular weight is 341 g/mol. The van der Waals surface area contributed by atoms with E-state index in [2.05, 4.69) is 19.2 Å². The lowest BCUT2D eigenvalue weighted by Gasteiger charge is -2.26. The fraction of sp³-hybridized carbons (Fsp3) is 0.300. The molecule has 2 aromatic carbocycles. The monoisotopic (exact) mass is 341 g/mol. The number of ether oxygens (including phenoxy) is 1. The van der Waals surface area contributed by atoms with Crippen LogP contribution in [0.25, 0.3) is 0 Å². The van der Waals surface area contributed by atoms with Crippen molar-refractivity contribution in [3.63, 3.8) is 0 Å². The summed E-state index contributed by atoms with van der Waals surface area (Å²) in [4.78, 5) is 23.2. The van der Waals surface area contributed by atoms with Crippen molar-refractivity contribution in [2.45, 2.75) is 25.7 Å². The minimum absolute atomic E-state index is 0.135. The molecule has 2 rings (SSSR count). The van der Waals surface area contributed by atoms with Gasteiger partial charge in [0.15, 0.2) is 0 Å². The van der Waals surface area contributed by atoms with Gasteiger partial charge in [-0.15, -0.1) is 0 Å². The lowest BCUT2D eigenvalue weighted by atomic mass is 9.84. The molecule has 132 valence electrons. The van der Waals surface area contributed by atoms with Crippen LogP contribution in [0.4, 0.5) is 0 Å². The maximum atomic E-state index is 12.2. The van der Waals surface area contributed by atoms with Crippen LogP contribution < -0.4 is 10.1 Å². The van der Waals surface area contributed by atoms with Crippen molar-refractivity contribution in [2.75, 3.05) is 13.7 Å². The second-order valence-corrected chi connectivity index (χ2v) is 6.57. The van der Waals surface area contributed by atoms with Gasteiger partial charge >= 0.3 is 5.97 Å². The molecule has 0 spiro atoms. The van der Waals surface area contributed by atoms with Gasteiger partial charge in [0.2, 0.25) is 5.91 Å². The fourth-order valence-electron chi connectivity index (χ4n) is 2.53. The zero-order valence-corrected chi connectivity index (χ0v) is 14.7. The molecule has 0 unspecified atom stereocenters. The summed E-state index contributed by atoms with van der Waals surface area (Å²) in [7, 11) is 1.62. The number of nitrogens with one attached hydrogen (secondary N) is 1. The molecule has 1 amide bonds. The lowest BCUT2D eigenvalue weighted by Crippen LogP contribution is -2.37. The smallest absolute Gasteiger partial charge is 0.335 e. The molecule has 0 aliphatic rings. The van der Waals surface area contributed by atoms with Gasteiger partial charge in [-0.1, -0.05) is 38.1 Å². The van der Waals surface area contributed by atoms with E-state index in [-0.39, 0.29) is 23.3 Å². The molecule has 0 aromatic heterocycles. The number of rotatable bonds is 7. The van der Waals surface area contributed by atoms with Crippen molar-refractivity contribution < 1.29 is 19.4 Å². The standard InChI is InChI=1S/C20H23NO4/c1-20(2,16-7-9-17(25-3)10-8-16)13-21-18(22)12-14-5-4-6-15(11-14)19(23)24/h4-11H,12-13H2,1-3H3,(H,21,22)(H,23,24). The van der Waals surface area contributed by atoms with Crippen LogP contribution in [0, 0.1) is 0 Å². The second-order valence-electron chi connectivity index (χ2n) is 6.57. The van der Waals surface area contributed by atoms with Gasteiger partial charge < -0.3 is 15.2 Å².